The molecule has 2 atom stereocenters. The summed E-state index contributed by atoms with van der Waals surface area (Å²) in [4.78, 5) is 1.53. The van der Waals surface area contributed by atoms with Gasteiger partial charge in [0.1, 0.15) is 0 Å². The Morgan fingerprint density at radius 2 is 1.70 bits per heavy atom. The average Bonchev–Trinajstić information content (AvgIpc) is 3.27. The Kier molecular flexibility index (Phi) is 4.53. The van der Waals surface area contributed by atoms with Crippen LogP contribution < -0.4 is 0 Å². The molecule has 1 aromatic carbocycles. The Morgan fingerprint density at radius 1 is 0.933 bits per heavy atom. The SMILES string of the molecule is C/C=C1\C2=C(CCCC2)C(C)=C1c1cc2c(cc1C)SC1C=CC3=C(CCCC3)C21. The van der Waals surface area contributed by atoms with Crippen molar-refractivity contribution in [3.05, 3.63) is 80.5 Å². The zero-order valence-corrected chi connectivity index (χ0v) is 19.4. The maximum Gasteiger partial charge on any atom is 0.0384 e. The van der Waals surface area contributed by atoms with Gasteiger partial charge in [0.05, 0.1) is 0 Å². The van der Waals surface area contributed by atoms with Crippen LogP contribution in [0.25, 0.3) is 5.57 Å². The third-order valence-corrected chi connectivity index (χ3v) is 9.46. The molecule has 5 aliphatic rings. The van der Waals surface area contributed by atoms with E-state index in [4.69, 9.17) is 0 Å². The van der Waals surface area contributed by atoms with E-state index in [1.54, 1.807) is 39.0 Å². The molecule has 1 heterocycles. The van der Waals surface area contributed by atoms with Crippen molar-refractivity contribution in [1.29, 1.82) is 0 Å². The van der Waals surface area contributed by atoms with Crippen molar-refractivity contribution in [2.45, 2.75) is 88.2 Å². The van der Waals surface area contributed by atoms with Gasteiger partial charge in [0.15, 0.2) is 0 Å². The average molecular weight is 413 g/mol. The summed E-state index contributed by atoms with van der Waals surface area (Å²) in [5, 5.41) is 0.609. The monoisotopic (exact) mass is 412 g/mol. The van der Waals surface area contributed by atoms with E-state index in [-0.39, 0.29) is 0 Å². The quantitative estimate of drug-likeness (QED) is 0.445. The summed E-state index contributed by atoms with van der Waals surface area (Å²) in [6, 6.07) is 5.12. The fourth-order valence-corrected chi connectivity index (χ4v) is 8.20. The zero-order chi connectivity index (χ0) is 20.4. The van der Waals surface area contributed by atoms with E-state index in [0.29, 0.717) is 11.2 Å². The van der Waals surface area contributed by atoms with Crippen LogP contribution in [0.4, 0.5) is 0 Å². The number of allylic oxidation sites excluding steroid dienone is 9. The fraction of sp³-hybridized carbons (Fsp3) is 0.448. The normalized spacial score (nSPS) is 28.8. The van der Waals surface area contributed by atoms with Crippen molar-refractivity contribution in [3.8, 4) is 0 Å². The molecular formula is C29H32S. The van der Waals surface area contributed by atoms with E-state index >= 15 is 0 Å². The van der Waals surface area contributed by atoms with Gasteiger partial charge in [-0.15, -0.1) is 11.8 Å². The molecule has 1 aliphatic heterocycles. The Bertz CT molecular complexity index is 1100. The summed E-state index contributed by atoms with van der Waals surface area (Å²) in [6.07, 6.45) is 17.9. The second-order valence-corrected chi connectivity index (χ2v) is 11.0. The summed E-state index contributed by atoms with van der Waals surface area (Å²) in [5.74, 6) is 0.614. The molecular weight excluding hydrogens is 380 g/mol. The minimum atomic E-state index is 0.609. The first-order valence-electron chi connectivity index (χ1n) is 12.0. The van der Waals surface area contributed by atoms with Crippen LogP contribution in [0.15, 0.2) is 68.7 Å². The summed E-state index contributed by atoms with van der Waals surface area (Å²) >= 11 is 2.11. The topological polar surface area (TPSA) is 0 Å². The maximum absolute atomic E-state index is 2.61. The molecule has 154 valence electrons. The molecule has 0 fully saturated rings. The first-order valence-corrected chi connectivity index (χ1v) is 12.9. The lowest BCUT2D eigenvalue weighted by Crippen LogP contribution is -2.18. The van der Waals surface area contributed by atoms with E-state index < -0.39 is 0 Å². The molecule has 1 heteroatoms. The molecule has 0 nitrogen and oxygen atoms in total. The first kappa shape index (κ1) is 19.0. The van der Waals surface area contributed by atoms with Gasteiger partial charge in [0, 0.05) is 16.1 Å². The van der Waals surface area contributed by atoms with Crippen molar-refractivity contribution in [2.24, 2.45) is 0 Å². The van der Waals surface area contributed by atoms with Gasteiger partial charge in [-0.3, -0.25) is 0 Å². The minimum Gasteiger partial charge on any atom is -0.117 e. The standard InChI is InChI=1S/C29H32S/c1-4-20-23-12-8-7-10-21(23)18(3)28(20)24-16-25-27(15-17(24)2)30-26-14-13-19-9-5-6-11-22(19)29(25)26/h4,13-16,26,29H,5-12H2,1-3H3/b20-4+. The van der Waals surface area contributed by atoms with Crippen molar-refractivity contribution in [2.75, 3.05) is 0 Å². The minimum absolute atomic E-state index is 0.609. The molecule has 0 saturated carbocycles. The van der Waals surface area contributed by atoms with Gasteiger partial charge in [-0.25, -0.2) is 0 Å². The van der Waals surface area contributed by atoms with Crippen LogP contribution in [0.5, 0.6) is 0 Å². The third kappa shape index (κ3) is 2.67. The zero-order valence-electron chi connectivity index (χ0n) is 18.6. The molecule has 0 aromatic heterocycles. The number of rotatable bonds is 1. The van der Waals surface area contributed by atoms with Crippen LogP contribution in [-0.4, -0.2) is 5.25 Å². The molecule has 6 rings (SSSR count). The van der Waals surface area contributed by atoms with E-state index in [1.807, 2.05) is 0 Å². The van der Waals surface area contributed by atoms with Gasteiger partial charge in [0.2, 0.25) is 0 Å². The maximum atomic E-state index is 2.61. The second-order valence-electron chi connectivity index (χ2n) is 9.75. The second kappa shape index (κ2) is 7.16. The van der Waals surface area contributed by atoms with Crippen molar-refractivity contribution >= 4 is 17.3 Å². The van der Waals surface area contributed by atoms with Crippen LogP contribution in [0.2, 0.25) is 0 Å². The van der Waals surface area contributed by atoms with E-state index in [1.165, 1.54) is 73.0 Å². The highest BCUT2D eigenvalue weighted by molar-refractivity contribution is 8.00. The highest BCUT2D eigenvalue weighted by Gasteiger charge is 2.39. The van der Waals surface area contributed by atoms with Gasteiger partial charge in [0.25, 0.3) is 0 Å². The fourth-order valence-electron chi connectivity index (χ4n) is 6.74. The molecule has 4 aliphatic carbocycles. The molecule has 0 spiro atoms. The van der Waals surface area contributed by atoms with Crippen LogP contribution in [0.3, 0.4) is 0 Å². The van der Waals surface area contributed by atoms with E-state index in [9.17, 15) is 0 Å². The van der Waals surface area contributed by atoms with Crippen molar-refractivity contribution < 1.29 is 0 Å². The number of thioether (sulfide) groups is 1. The summed E-state index contributed by atoms with van der Waals surface area (Å²) < 4.78 is 0. The van der Waals surface area contributed by atoms with Gasteiger partial charge in [-0.1, -0.05) is 23.8 Å². The molecule has 0 amide bonds. The summed E-state index contributed by atoms with van der Waals surface area (Å²) in [5.41, 5.74) is 15.9. The number of hydrogen-bond donors (Lipinski definition) is 0. The largest absolute Gasteiger partial charge is 0.117 e. The Hall–Kier alpha value is -1.73. The summed E-state index contributed by atoms with van der Waals surface area (Å²) in [6.45, 7) is 6.97. The number of fused-ring (bicyclic) bond motifs is 4. The van der Waals surface area contributed by atoms with Crippen molar-refractivity contribution in [3.63, 3.8) is 0 Å². The Morgan fingerprint density at radius 3 is 2.53 bits per heavy atom. The molecule has 1 aromatic rings. The van der Waals surface area contributed by atoms with Gasteiger partial charge in [-0.2, -0.15) is 0 Å². The van der Waals surface area contributed by atoms with E-state index in [2.05, 4.69) is 62.9 Å². The predicted molar refractivity (Wildman–Crippen MR) is 130 cm³/mol. The van der Waals surface area contributed by atoms with Crippen LogP contribution in [0.1, 0.15) is 87.8 Å². The van der Waals surface area contributed by atoms with Crippen molar-refractivity contribution in [1.82, 2.24) is 0 Å². The van der Waals surface area contributed by atoms with Gasteiger partial charge in [-0.05, 0) is 134 Å². The van der Waals surface area contributed by atoms with Gasteiger partial charge < -0.3 is 0 Å². The summed E-state index contributed by atoms with van der Waals surface area (Å²) in [7, 11) is 0. The van der Waals surface area contributed by atoms with Crippen LogP contribution in [0, 0.1) is 6.92 Å². The molecule has 0 radical (unpaired) electrons. The number of aryl methyl sites for hydroxylation is 1. The Labute approximate surface area is 185 Å². The molecule has 0 N–H and O–H groups in total. The number of benzene rings is 1. The third-order valence-electron chi connectivity index (χ3n) is 8.15. The van der Waals surface area contributed by atoms with Crippen LogP contribution >= 0.6 is 11.8 Å². The smallest absolute Gasteiger partial charge is 0.0384 e. The molecule has 0 saturated heterocycles. The highest BCUT2D eigenvalue weighted by Crippen LogP contribution is 2.56. The lowest BCUT2D eigenvalue weighted by molar-refractivity contribution is 0.622. The number of hydrogen-bond acceptors (Lipinski definition) is 1. The van der Waals surface area contributed by atoms with Crippen LogP contribution in [-0.2, 0) is 0 Å². The van der Waals surface area contributed by atoms with E-state index in [0.717, 1.165) is 0 Å². The molecule has 0 bridgehead atoms. The first-order chi connectivity index (χ1) is 14.7. The Balaban J connectivity index is 1.49. The lowest BCUT2D eigenvalue weighted by Gasteiger charge is -2.30. The molecule has 30 heavy (non-hydrogen) atoms. The highest BCUT2D eigenvalue weighted by atomic mass is 32.2. The van der Waals surface area contributed by atoms with Gasteiger partial charge >= 0.3 is 0 Å². The molecule has 2 unspecified atom stereocenters. The lowest BCUT2D eigenvalue weighted by atomic mass is 9.75. The predicted octanol–water partition coefficient (Wildman–Crippen LogP) is 8.60.